The number of thiazole rings is 1. The van der Waals surface area contributed by atoms with Crippen molar-refractivity contribution in [1.29, 1.82) is 5.26 Å². The van der Waals surface area contributed by atoms with Gasteiger partial charge in [-0.05, 0) is 47.0 Å². The number of nitrogens with one attached hydrogen (secondary N) is 1. The number of hydrogen-bond acceptors (Lipinski definition) is 10. The largest absolute Gasteiger partial charge is 0.414 e. The van der Waals surface area contributed by atoms with Crippen molar-refractivity contribution in [2.75, 3.05) is 39.5 Å². The predicted octanol–water partition coefficient (Wildman–Crippen LogP) is 4.32. The zero-order valence-electron chi connectivity index (χ0n) is 27.6. The maximum Gasteiger partial charge on any atom is 0.414 e. The van der Waals surface area contributed by atoms with Crippen LogP contribution in [0.5, 0.6) is 5.75 Å². The summed E-state index contributed by atoms with van der Waals surface area (Å²) in [5.41, 5.74) is 8.87. The van der Waals surface area contributed by atoms with E-state index in [0.717, 1.165) is 10.3 Å². The predicted molar refractivity (Wildman–Crippen MR) is 191 cm³/mol. The Morgan fingerprint density at radius 3 is 2.55 bits per heavy atom. The first-order valence-corrected chi connectivity index (χ1v) is 17.4. The number of para-hydroxylation sites is 1. The number of anilines is 1. The van der Waals surface area contributed by atoms with Crippen molar-refractivity contribution < 1.29 is 23.9 Å². The zero-order valence-corrected chi connectivity index (χ0v) is 29.9. The first-order chi connectivity index (χ1) is 24.4. The van der Waals surface area contributed by atoms with E-state index < -0.39 is 24.3 Å². The van der Waals surface area contributed by atoms with Gasteiger partial charge in [-0.1, -0.05) is 64.9 Å². The highest BCUT2D eigenvalue weighted by Gasteiger charge is 2.52. The van der Waals surface area contributed by atoms with Gasteiger partial charge in [0.2, 0.25) is 11.8 Å². The number of carbonyl (C=O) groups excluding carboxylic acids is 4. The van der Waals surface area contributed by atoms with E-state index in [0.29, 0.717) is 37.6 Å². The summed E-state index contributed by atoms with van der Waals surface area (Å²) in [6.07, 6.45) is -1.17. The standard InChI is InChI=1S/C34H33Cl2N9O5S/c1-41(2)34(49)50-23-9-6-20(7-10-23)15-26-31(47)42(17-22-4-3-5-27-30(22)40-32(38)51-27)18-28-44(19-29(46)45(26)28)43(13-12-37)33(48)39-16-21-8-11-24(35)25(36)14-21/h3-11,14,26,28H,13,15-19H2,1-2H3,(H2,38,40)(H,39,48)/t26-,28+/m0/s1. The fraction of sp³-hybridized carbons (Fsp3) is 0.294. The van der Waals surface area contributed by atoms with E-state index >= 15 is 0 Å². The number of fused-ring (bicyclic) bond motifs is 2. The number of nitrogens with two attached hydrogens (primary N) is 1. The van der Waals surface area contributed by atoms with Crippen LogP contribution < -0.4 is 15.8 Å². The van der Waals surface area contributed by atoms with E-state index in [4.69, 9.17) is 33.7 Å². The van der Waals surface area contributed by atoms with Crippen LogP contribution in [0.4, 0.5) is 14.7 Å². The number of hydrogen-bond donors (Lipinski definition) is 2. The van der Waals surface area contributed by atoms with Crippen molar-refractivity contribution in [3.63, 3.8) is 0 Å². The van der Waals surface area contributed by atoms with Crippen LogP contribution in [0.3, 0.4) is 0 Å². The molecule has 2 fully saturated rings. The van der Waals surface area contributed by atoms with E-state index in [1.807, 2.05) is 24.3 Å². The fourth-order valence-corrected chi connectivity index (χ4v) is 7.22. The Bertz CT molecular complexity index is 2040. The summed E-state index contributed by atoms with van der Waals surface area (Å²) in [5.74, 6) is -0.338. The monoisotopic (exact) mass is 749 g/mol. The number of carbonyl (C=O) groups is 4. The van der Waals surface area contributed by atoms with Gasteiger partial charge in [0, 0.05) is 33.6 Å². The SMILES string of the molecule is CN(C)C(=O)Oc1ccc(C[C@H]2C(=O)N(Cc3cccc4sc(N)nc34)C[C@H]3N2C(=O)CN3N(CC#N)C(=O)NCc2ccc(Cl)c(Cl)c2)cc1. The Morgan fingerprint density at radius 2 is 1.84 bits per heavy atom. The number of urea groups is 1. The van der Waals surface area contributed by atoms with Gasteiger partial charge in [-0.25, -0.2) is 19.6 Å². The Morgan fingerprint density at radius 1 is 1.10 bits per heavy atom. The summed E-state index contributed by atoms with van der Waals surface area (Å²) in [6.45, 7) is -0.278. The lowest BCUT2D eigenvalue weighted by molar-refractivity contribution is -0.157. The number of hydrazine groups is 1. The Labute approximate surface area is 307 Å². The molecule has 0 aliphatic carbocycles. The van der Waals surface area contributed by atoms with Crippen molar-refractivity contribution in [3.8, 4) is 11.8 Å². The smallest absolute Gasteiger partial charge is 0.410 e. The summed E-state index contributed by atoms with van der Waals surface area (Å²) in [5, 5.41) is 16.4. The van der Waals surface area contributed by atoms with Crippen molar-refractivity contribution in [3.05, 3.63) is 87.4 Å². The van der Waals surface area contributed by atoms with Crippen molar-refractivity contribution >= 4 is 73.8 Å². The number of benzene rings is 3. The molecule has 0 radical (unpaired) electrons. The van der Waals surface area contributed by atoms with Crippen LogP contribution in [-0.2, 0) is 29.1 Å². The molecule has 6 rings (SSSR count). The van der Waals surface area contributed by atoms with E-state index in [2.05, 4.69) is 10.3 Å². The van der Waals surface area contributed by atoms with Crippen LogP contribution in [0.15, 0.2) is 60.7 Å². The second kappa shape index (κ2) is 15.0. The second-order valence-corrected chi connectivity index (χ2v) is 14.0. The first kappa shape index (κ1) is 35.7. The molecular weight excluding hydrogens is 717 g/mol. The van der Waals surface area contributed by atoms with Crippen LogP contribution in [0, 0.1) is 11.3 Å². The van der Waals surface area contributed by atoms with E-state index in [9.17, 15) is 24.4 Å². The summed E-state index contributed by atoms with van der Waals surface area (Å²) in [6, 6.07) is 17.8. The van der Waals surface area contributed by atoms with Gasteiger partial charge < -0.3 is 30.5 Å². The molecular formula is C34H33Cl2N9O5S. The van der Waals surface area contributed by atoms with Crippen LogP contribution in [-0.4, -0.2) is 99.6 Å². The van der Waals surface area contributed by atoms with Crippen molar-refractivity contribution in [2.45, 2.75) is 31.7 Å². The number of nitrogen functional groups attached to an aromatic ring is 1. The summed E-state index contributed by atoms with van der Waals surface area (Å²) < 4.78 is 6.21. The third-order valence-electron chi connectivity index (χ3n) is 8.56. The minimum Gasteiger partial charge on any atom is -0.410 e. The van der Waals surface area contributed by atoms with Crippen molar-refractivity contribution in [1.82, 2.24) is 35.0 Å². The van der Waals surface area contributed by atoms with Gasteiger partial charge in [0.25, 0.3) is 0 Å². The Hall–Kier alpha value is -5.14. The number of rotatable bonds is 9. The fourth-order valence-electron chi connectivity index (χ4n) is 6.12. The quantitative estimate of drug-likeness (QED) is 0.237. The number of halogens is 2. The highest BCUT2D eigenvalue weighted by Crippen LogP contribution is 2.33. The third kappa shape index (κ3) is 7.64. The lowest BCUT2D eigenvalue weighted by Crippen LogP contribution is -2.66. The van der Waals surface area contributed by atoms with E-state index in [-0.39, 0.29) is 51.0 Å². The van der Waals surface area contributed by atoms with Gasteiger partial charge in [-0.3, -0.25) is 9.59 Å². The minimum absolute atomic E-state index is 0.0541. The molecule has 0 bridgehead atoms. The molecule has 0 unspecified atom stereocenters. The average molecular weight is 751 g/mol. The molecule has 264 valence electrons. The number of ether oxygens (including phenoxy) is 1. The molecule has 5 amide bonds. The summed E-state index contributed by atoms with van der Waals surface area (Å²) in [4.78, 5) is 62.7. The number of piperazine rings is 1. The number of nitrogens with zero attached hydrogens (tertiary/aromatic N) is 7. The van der Waals surface area contributed by atoms with Gasteiger partial charge in [0.05, 0.1) is 39.4 Å². The molecule has 4 aromatic rings. The molecule has 2 aliphatic heterocycles. The van der Waals surface area contributed by atoms with E-state index in [1.54, 1.807) is 61.5 Å². The van der Waals surface area contributed by atoms with E-state index in [1.165, 1.54) is 31.2 Å². The van der Waals surface area contributed by atoms with Gasteiger partial charge in [0.1, 0.15) is 24.5 Å². The highest BCUT2D eigenvalue weighted by atomic mass is 35.5. The molecule has 0 saturated carbocycles. The molecule has 1 aromatic heterocycles. The zero-order chi connectivity index (χ0) is 36.4. The maximum absolute atomic E-state index is 14.3. The van der Waals surface area contributed by atoms with Crippen LogP contribution in [0.25, 0.3) is 10.2 Å². The number of nitriles is 1. The average Bonchev–Trinajstić information content (AvgIpc) is 3.65. The van der Waals surface area contributed by atoms with Crippen LogP contribution in [0.2, 0.25) is 10.0 Å². The molecule has 3 aromatic carbocycles. The van der Waals surface area contributed by atoms with Gasteiger partial charge in [-0.15, -0.1) is 0 Å². The van der Waals surface area contributed by atoms with Crippen LogP contribution in [0.1, 0.15) is 16.7 Å². The molecule has 2 atom stereocenters. The van der Waals surface area contributed by atoms with Crippen molar-refractivity contribution in [2.24, 2.45) is 0 Å². The third-order valence-corrected chi connectivity index (χ3v) is 10.2. The molecule has 14 nitrogen and oxygen atoms in total. The van der Waals surface area contributed by atoms with Gasteiger partial charge in [-0.2, -0.15) is 10.3 Å². The topological polar surface area (TPSA) is 168 Å². The minimum atomic E-state index is -0.945. The number of amides is 5. The molecule has 3 heterocycles. The van der Waals surface area contributed by atoms with Crippen LogP contribution >= 0.6 is 34.5 Å². The second-order valence-electron chi connectivity index (χ2n) is 12.2. The lowest BCUT2D eigenvalue weighted by Gasteiger charge is -2.46. The summed E-state index contributed by atoms with van der Waals surface area (Å²) >= 11 is 13.5. The molecule has 3 N–H and O–H groups in total. The highest BCUT2D eigenvalue weighted by molar-refractivity contribution is 7.22. The Balaban J connectivity index is 1.29. The lowest BCUT2D eigenvalue weighted by atomic mass is 9.99. The molecule has 2 saturated heterocycles. The summed E-state index contributed by atoms with van der Waals surface area (Å²) in [7, 11) is 3.15. The molecule has 0 spiro atoms. The molecule has 17 heteroatoms. The van der Waals surface area contributed by atoms with Gasteiger partial charge >= 0.3 is 12.1 Å². The molecule has 2 aliphatic rings. The van der Waals surface area contributed by atoms with Gasteiger partial charge in [0.15, 0.2) is 5.13 Å². The number of aromatic nitrogens is 1. The Kier molecular flexibility index (Phi) is 10.5. The normalized spacial score (nSPS) is 17.3. The first-order valence-electron chi connectivity index (χ1n) is 15.8. The maximum atomic E-state index is 14.3. The molecule has 51 heavy (non-hydrogen) atoms.